The van der Waals surface area contributed by atoms with Crippen molar-refractivity contribution in [2.24, 2.45) is 17.8 Å². The zero-order valence-corrected chi connectivity index (χ0v) is 8.45. The summed E-state index contributed by atoms with van der Waals surface area (Å²) in [5, 5.41) is 3.56. The first-order valence-electron chi connectivity index (χ1n) is 5.74. The fourth-order valence-corrected chi connectivity index (χ4v) is 2.94. The molecule has 2 aliphatic carbocycles. The van der Waals surface area contributed by atoms with Crippen molar-refractivity contribution >= 4 is 0 Å². The minimum atomic E-state index is 0.664. The molecule has 1 nitrogen and oxygen atoms in total. The van der Waals surface area contributed by atoms with E-state index in [0.717, 1.165) is 11.8 Å². The lowest BCUT2D eigenvalue weighted by Gasteiger charge is -2.37. The summed E-state index contributed by atoms with van der Waals surface area (Å²) in [6.45, 7) is 1.18. The smallest absolute Gasteiger partial charge is 0.0144 e. The van der Waals surface area contributed by atoms with Gasteiger partial charge in [0.25, 0.3) is 0 Å². The van der Waals surface area contributed by atoms with Gasteiger partial charge in [-0.05, 0) is 31.1 Å². The lowest BCUT2D eigenvalue weighted by atomic mass is 9.73. The molecule has 3 unspecified atom stereocenters. The monoisotopic (exact) mass is 187 g/mol. The Kier molecular flexibility index (Phi) is 1.97. The second-order valence-electron chi connectivity index (χ2n) is 4.63. The molecule has 3 atom stereocenters. The molecule has 0 aromatic carbocycles. The van der Waals surface area contributed by atoms with Gasteiger partial charge in [0.1, 0.15) is 0 Å². The summed E-state index contributed by atoms with van der Waals surface area (Å²) in [6, 6.07) is 0. The first-order chi connectivity index (χ1) is 6.93. The normalized spacial score (nSPS) is 39.4. The lowest BCUT2D eigenvalue weighted by Crippen LogP contribution is -2.34. The van der Waals surface area contributed by atoms with Gasteiger partial charge in [0.2, 0.25) is 0 Å². The van der Waals surface area contributed by atoms with Crippen molar-refractivity contribution in [3.63, 3.8) is 0 Å². The first kappa shape index (κ1) is 8.34. The number of nitrogens with one attached hydrogen (secondary N) is 1. The zero-order valence-electron chi connectivity index (χ0n) is 8.45. The summed E-state index contributed by atoms with van der Waals surface area (Å²) in [7, 11) is 0. The number of hydrogen-bond donors (Lipinski definition) is 1. The molecule has 1 heteroatoms. The van der Waals surface area contributed by atoms with E-state index in [1.165, 1.54) is 31.5 Å². The molecule has 0 radical (unpaired) electrons. The van der Waals surface area contributed by atoms with Crippen LogP contribution in [-0.2, 0) is 0 Å². The van der Waals surface area contributed by atoms with Gasteiger partial charge < -0.3 is 5.32 Å². The quantitative estimate of drug-likeness (QED) is 0.614. The zero-order chi connectivity index (χ0) is 9.38. The van der Waals surface area contributed by atoms with Crippen molar-refractivity contribution in [2.45, 2.75) is 19.3 Å². The molecule has 1 aliphatic heterocycles. The van der Waals surface area contributed by atoms with Gasteiger partial charge in [-0.15, -0.1) is 0 Å². The third-order valence-corrected chi connectivity index (χ3v) is 3.72. The predicted octanol–water partition coefficient (Wildman–Crippen LogP) is 2.63. The highest BCUT2D eigenvalue weighted by Gasteiger charge is 2.30. The van der Waals surface area contributed by atoms with Crippen LogP contribution in [0.4, 0.5) is 0 Å². The number of rotatable bonds is 0. The maximum Gasteiger partial charge on any atom is 0.0144 e. The van der Waals surface area contributed by atoms with Crippen molar-refractivity contribution in [1.82, 2.24) is 5.32 Å². The van der Waals surface area contributed by atoms with Crippen LogP contribution < -0.4 is 5.32 Å². The van der Waals surface area contributed by atoms with E-state index in [2.05, 4.69) is 35.7 Å². The van der Waals surface area contributed by atoms with E-state index in [9.17, 15) is 0 Å². The second kappa shape index (κ2) is 3.30. The number of hydrogen-bond acceptors (Lipinski definition) is 1. The summed E-state index contributed by atoms with van der Waals surface area (Å²) in [5.74, 6) is 2.26. The van der Waals surface area contributed by atoms with Crippen LogP contribution in [0.5, 0.6) is 0 Å². The third kappa shape index (κ3) is 1.31. The topological polar surface area (TPSA) is 12.0 Å². The molecule has 1 fully saturated rings. The van der Waals surface area contributed by atoms with Crippen LogP contribution in [0.15, 0.2) is 36.1 Å². The van der Waals surface area contributed by atoms with Crippen LogP contribution in [-0.4, -0.2) is 6.54 Å². The molecule has 1 saturated heterocycles. The Morgan fingerprint density at radius 3 is 3.14 bits per heavy atom. The van der Waals surface area contributed by atoms with E-state index in [4.69, 9.17) is 0 Å². The van der Waals surface area contributed by atoms with Crippen molar-refractivity contribution in [1.29, 1.82) is 0 Å². The number of fused-ring (bicyclic) bond motifs is 2. The van der Waals surface area contributed by atoms with Crippen LogP contribution in [0.2, 0.25) is 0 Å². The highest BCUT2D eigenvalue weighted by Crippen LogP contribution is 2.38. The summed E-state index contributed by atoms with van der Waals surface area (Å²) < 4.78 is 0. The Morgan fingerprint density at radius 1 is 1.21 bits per heavy atom. The van der Waals surface area contributed by atoms with Gasteiger partial charge in [0.05, 0.1) is 0 Å². The molecule has 74 valence electrons. The average molecular weight is 187 g/mol. The highest BCUT2D eigenvalue weighted by molar-refractivity contribution is 5.25. The third-order valence-electron chi connectivity index (χ3n) is 3.72. The molecule has 0 bridgehead atoms. The molecular formula is C13H17N. The molecule has 3 rings (SSSR count). The molecule has 0 spiro atoms. The molecule has 0 saturated carbocycles. The highest BCUT2D eigenvalue weighted by atomic mass is 14.9. The SMILES string of the molecule is C1=CC2C=C3NCCCC3CC2C=C1. The molecule has 0 amide bonds. The van der Waals surface area contributed by atoms with Crippen LogP contribution in [0, 0.1) is 17.8 Å². The molecule has 1 N–H and O–H groups in total. The predicted molar refractivity (Wildman–Crippen MR) is 58.7 cm³/mol. The van der Waals surface area contributed by atoms with Crippen molar-refractivity contribution in [3.8, 4) is 0 Å². The Labute approximate surface area is 85.6 Å². The van der Waals surface area contributed by atoms with Crippen LogP contribution in [0.3, 0.4) is 0 Å². The molecule has 14 heavy (non-hydrogen) atoms. The summed E-state index contributed by atoms with van der Waals surface area (Å²) in [4.78, 5) is 0. The Hall–Kier alpha value is -0.980. The largest absolute Gasteiger partial charge is 0.388 e. The van der Waals surface area contributed by atoms with E-state index in [1.807, 2.05) is 0 Å². The van der Waals surface area contributed by atoms with Crippen molar-refractivity contribution < 1.29 is 0 Å². The van der Waals surface area contributed by atoms with Gasteiger partial charge in [-0.25, -0.2) is 0 Å². The van der Waals surface area contributed by atoms with Crippen molar-refractivity contribution in [3.05, 3.63) is 36.1 Å². The Balaban J connectivity index is 1.88. The first-order valence-corrected chi connectivity index (χ1v) is 5.74. The van der Waals surface area contributed by atoms with E-state index in [0.29, 0.717) is 5.92 Å². The molecule has 1 heterocycles. The summed E-state index contributed by atoms with van der Waals surface area (Å²) in [6.07, 6.45) is 15.6. The maximum absolute atomic E-state index is 3.56. The fourth-order valence-electron chi connectivity index (χ4n) is 2.94. The average Bonchev–Trinajstić information content (AvgIpc) is 2.26. The van der Waals surface area contributed by atoms with Gasteiger partial charge in [0, 0.05) is 18.2 Å². The van der Waals surface area contributed by atoms with Crippen LogP contribution in [0.25, 0.3) is 0 Å². The molecule has 0 aromatic heterocycles. The van der Waals surface area contributed by atoms with Gasteiger partial charge in [-0.3, -0.25) is 0 Å². The van der Waals surface area contributed by atoms with E-state index in [1.54, 1.807) is 0 Å². The summed E-state index contributed by atoms with van der Waals surface area (Å²) >= 11 is 0. The van der Waals surface area contributed by atoms with Gasteiger partial charge in [-0.1, -0.05) is 30.4 Å². The molecular weight excluding hydrogens is 170 g/mol. The Bertz CT molecular complexity index is 311. The minimum absolute atomic E-state index is 0.664. The summed E-state index contributed by atoms with van der Waals surface area (Å²) in [5.41, 5.74) is 1.53. The molecule has 0 aromatic rings. The fraction of sp³-hybridized carbons (Fsp3) is 0.538. The van der Waals surface area contributed by atoms with Gasteiger partial charge in [0.15, 0.2) is 0 Å². The maximum atomic E-state index is 3.56. The Morgan fingerprint density at radius 2 is 2.14 bits per heavy atom. The second-order valence-corrected chi connectivity index (χ2v) is 4.63. The van der Waals surface area contributed by atoms with E-state index >= 15 is 0 Å². The van der Waals surface area contributed by atoms with Gasteiger partial charge in [-0.2, -0.15) is 0 Å². The number of allylic oxidation sites excluding steroid dienone is 6. The van der Waals surface area contributed by atoms with E-state index in [-0.39, 0.29) is 0 Å². The van der Waals surface area contributed by atoms with Crippen LogP contribution in [0.1, 0.15) is 19.3 Å². The van der Waals surface area contributed by atoms with E-state index < -0.39 is 0 Å². The number of piperidine rings is 1. The van der Waals surface area contributed by atoms with Crippen LogP contribution >= 0.6 is 0 Å². The standard InChI is InChI=1S/C13H17N/c1-2-5-11-9-13-12(6-3-7-14-13)8-10(11)4-1/h1-2,4-5,9-12,14H,3,6-8H2. The van der Waals surface area contributed by atoms with Crippen molar-refractivity contribution in [2.75, 3.05) is 6.54 Å². The minimum Gasteiger partial charge on any atom is -0.388 e. The molecule has 3 aliphatic rings. The lowest BCUT2D eigenvalue weighted by molar-refractivity contribution is 0.325. The van der Waals surface area contributed by atoms with Gasteiger partial charge >= 0.3 is 0 Å².